The Hall–Kier alpha value is -2.58. The predicted molar refractivity (Wildman–Crippen MR) is 117 cm³/mol. The van der Waals surface area contributed by atoms with Gasteiger partial charge in [-0.05, 0) is 19.5 Å². The van der Waals surface area contributed by atoms with Crippen LogP contribution in [0.4, 0.5) is 5.95 Å². The Balaban J connectivity index is 1.50. The molecule has 0 saturated carbocycles. The lowest BCUT2D eigenvalue weighted by molar-refractivity contribution is 0.270. The average Bonchev–Trinajstić information content (AvgIpc) is 2.96. The van der Waals surface area contributed by atoms with Crippen molar-refractivity contribution in [1.82, 2.24) is 19.8 Å². The highest BCUT2D eigenvalue weighted by atomic mass is 16.5. The summed E-state index contributed by atoms with van der Waals surface area (Å²) in [5.41, 5.74) is 2.86. The monoisotopic (exact) mass is 413 g/mol. The minimum absolute atomic E-state index is 0.00902. The lowest BCUT2D eigenvalue weighted by Crippen LogP contribution is -2.45. The standard InChI is InChI=1S/C22H31N5O3/c1-25-11-13-27(14-12-25)22-23-18-8-10-26(9-7-17(18)21(28)24-22)15-16-5-4-6-19(29-2)20(16)30-3/h4-6H,7-15H2,1-3H3,(H,23,24,28). The van der Waals surface area contributed by atoms with Gasteiger partial charge in [-0.1, -0.05) is 12.1 Å². The van der Waals surface area contributed by atoms with Gasteiger partial charge in [-0.25, -0.2) is 4.98 Å². The highest BCUT2D eigenvalue weighted by Crippen LogP contribution is 2.31. The van der Waals surface area contributed by atoms with Crippen molar-refractivity contribution in [3.05, 3.63) is 45.4 Å². The zero-order valence-corrected chi connectivity index (χ0v) is 18.1. The quantitative estimate of drug-likeness (QED) is 0.788. The van der Waals surface area contributed by atoms with Crippen LogP contribution in [-0.2, 0) is 19.4 Å². The van der Waals surface area contributed by atoms with Gasteiger partial charge in [0.2, 0.25) is 5.95 Å². The number of nitrogens with one attached hydrogen (secondary N) is 1. The summed E-state index contributed by atoms with van der Waals surface area (Å²) in [5.74, 6) is 2.23. The Morgan fingerprint density at radius 3 is 2.53 bits per heavy atom. The molecule has 0 spiro atoms. The van der Waals surface area contributed by atoms with Crippen LogP contribution in [0.1, 0.15) is 16.8 Å². The first-order valence-corrected chi connectivity index (χ1v) is 10.6. The third kappa shape index (κ3) is 4.29. The molecule has 2 aliphatic heterocycles. The molecule has 2 aromatic rings. The van der Waals surface area contributed by atoms with E-state index in [0.717, 1.165) is 86.5 Å². The van der Waals surface area contributed by atoms with Crippen LogP contribution >= 0.6 is 0 Å². The molecule has 4 rings (SSSR count). The molecule has 0 bridgehead atoms. The summed E-state index contributed by atoms with van der Waals surface area (Å²) in [4.78, 5) is 27.5. The van der Waals surface area contributed by atoms with Crippen molar-refractivity contribution >= 4 is 5.95 Å². The fourth-order valence-corrected chi connectivity index (χ4v) is 4.29. The topological polar surface area (TPSA) is 73.9 Å². The maximum absolute atomic E-state index is 12.8. The number of aromatic nitrogens is 2. The number of para-hydroxylation sites is 1. The van der Waals surface area contributed by atoms with Crippen molar-refractivity contribution in [2.75, 3.05) is 65.4 Å². The summed E-state index contributed by atoms with van der Waals surface area (Å²) < 4.78 is 11.0. The van der Waals surface area contributed by atoms with Crippen LogP contribution in [0.2, 0.25) is 0 Å². The largest absolute Gasteiger partial charge is 0.493 e. The Morgan fingerprint density at radius 1 is 1.03 bits per heavy atom. The molecule has 2 aliphatic rings. The average molecular weight is 414 g/mol. The first-order valence-electron chi connectivity index (χ1n) is 10.6. The Kier molecular flexibility index (Phi) is 6.24. The van der Waals surface area contributed by atoms with Crippen molar-refractivity contribution in [3.63, 3.8) is 0 Å². The van der Waals surface area contributed by atoms with E-state index >= 15 is 0 Å². The van der Waals surface area contributed by atoms with Gasteiger partial charge in [0, 0.05) is 63.4 Å². The molecule has 1 saturated heterocycles. The lowest BCUT2D eigenvalue weighted by atomic mass is 10.1. The number of hydrogen-bond acceptors (Lipinski definition) is 7. The van der Waals surface area contributed by atoms with E-state index in [2.05, 4.69) is 32.8 Å². The molecular weight excluding hydrogens is 382 g/mol. The summed E-state index contributed by atoms with van der Waals surface area (Å²) in [6.45, 7) is 6.16. The molecule has 3 heterocycles. The van der Waals surface area contributed by atoms with Crippen LogP contribution in [0.5, 0.6) is 11.5 Å². The molecule has 0 radical (unpaired) electrons. The zero-order chi connectivity index (χ0) is 21.1. The number of anilines is 1. The molecule has 8 nitrogen and oxygen atoms in total. The minimum atomic E-state index is 0.00902. The van der Waals surface area contributed by atoms with Gasteiger partial charge in [-0.2, -0.15) is 0 Å². The smallest absolute Gasteiger partial charge is 0.255 e. The van der Waals surface area contributed by atoms with E-state index in [-0.39, 0.29) is 5.56 Å². The molecular formula is C22H31N5O3. The second kappa shape index (κ2) is 9.06. The van der Waals surface area contributed by atoms with Gasteiger partial charge < -0.3 is 19.3 Å². The second-order valence-corrected chi connectivity index (χ2v) is 8.03. The fraction of sp³-hybridized carbons (Fsp3) is 0.545. The van der Waals surface area contributed by atoms with Crippen molar-refractivity contribution in [2.24, 2.45) is 0 Å². The number of aromatic amines is 1. The van der Waals surface area contributed by atoms with E-state index in [0.29, 0.717) is 6.42 Å². The fourth-order valence-electron chi connectivity index (χ4n) is 4.29. The molecule has 1 N–H and O–H groups in total. The van der Waals surface area contributed by atoms with Crippen LogP contribution < -0.4 is 19.9 Å². The third-order valence-corrected chi connectivity index (χ3v) is 6.11. The van der Waals surface area contributed by atoms with Crippen molar-refractivity contribution < 1.29 is 9.47 Å². The molecule has 1 aromatic carbocycles. The van der Waals surface area contributed by atoms with Gasteiger partial charge in [-0.3, -0.25) is 14.7 Å². The van der Waals surface area contributed by atoms with Crippen LogP contribution in [0.25, 0.3) is 0 Å². The van der Waals surface area contributed by atoms with Gasteiger partial charge in [0.15, 0.2) is 11.5 Å². The summed E-state index contributed by atoms with van der Waals surface area (Å²) in [6.07, 6.45) is 1.47. The van der Waals surface area contributed by atoms with Crippen molar-refractivity contribution in [1.29, 1.82) is 0 Å². The minimum Gasteiger partial charge on any atom is -0.493 e. The molecule has 0 aliphatic carbocycles. The van der Waals surface area contributed by atoms with E-state index in [1.54, 1.807) is 14.2 Å². The van der Waals surface area contributed by atoms with Crippen LogP contribution in [0, 0.1) is 0 Å². The Bertz CT molecular complexity index is 937. The molecule has 0 atom stereocenters. The second-order valence-electron chi connectivity index (χ2n) is 8.03. The first kappa shape index (κ1) is 20.7. The Morgan fingerprint density at radius 2 is 1.80 bits per heavy atom. The van der Waals surface area contributed by atoms with E-state index in [9.17, 15) is 4.79 Å². The number of ether oxygens (including phenoxy) is 2. The van der Waals surface area contributed by atoms with E-state index in [1.165, 1.54) is 0 Å². The number of H-pyrrole nitrogens is 1. The number of piperazine rings is 1. The van der Waals surface area contributed by atoms with Crippen LogP contribution in [0.15, 0.2) is 23.0 Å². The summed E-state index contributed by atoms with van der Waals surface area (Å²) in [7, 11) is 5.44. The highest BCUT2D eigenvalue weighted by Gasteiger charge is 2.23. The maximum atomic E-state index is 12.8. The number of fused-ring (bicyclic) bond motifs is 1. The van der Waals surface area contributed by atoms with E-state index < -0.39 is 0 Å². The normalized spacial score (nSPS) is 18.0. The van der Waals surface area contributed by atoms with Gasteiger partial charge in [-0.15, -0.1) is 0 Å². The van der Waals surface area contributed by atoms with Gasteiger partial charge >= 0.3 is 0 Å². The number of methoxy groups -OCH3 is 2. The van der Waals surface area contributed by atoms with Crippen LogP contribution in [-0.4, -0.2) is 80.3 Å². The summed E-state index contributed by atoms with van der Waals surface area (Å²) in [6, 6.07) is 5.96. The number of rotatable bonds is 5. The van der Waals surface area contributed by atoms with E-state index in [4.69, 9.17) is 14.5 Å². The molecule has 30 heavy (non-hydrogen) atoms. The first-order chi connectivity index (χ1) is 14.6. The van der Waals surface area contributed by atoms with Gasteiger partial charge in [0.05, 0.1) is 19.9 Å². The third-order valence-electron chi connectivity index (χ3n) is 6.11. The summed E-state index contributed by atoms with van der Waals surface area (Å²) in [5, 5.41) is 0. The lowest BCUT2D eigenvalue weighted by Gasteiger charge is -2.32. The predicted octanol–water partition coefficient (Wildman–Crippen LogP) is 1.14. The molecule has 1 aromatic heterocycles. The number of benzene rings is 1. The maximum Gasteiger partial charge on any atom is 0.255 e. The van der Waals surface area contributed by atoms with Crippen molar-refractivity contribution in [3.8, 4) is 11.5 Å². The Labute approximate surface area is 177 Å². The summed E-state index contributed by atoms with van der Waals surface area (Å²) >= 11 is 0. The molecule has 0 amide bonds. The molecule has 8 heteroatoms. The van der Waals surface area contributed by atoms with Crippen LogP contribution in [0.3, 0.4) is 0 Å². The number of likely N-dealkylation sites (N-methyl/N-ethyl adjacent to an activating group) is 1. The molecule has 0 unspecified atom stereocenters. The number of hydrogen-bond donors (Lipinski definition) is 1. The van der Waals surface area contributed by atoms with E-state index in [1.807, 2.05) is 12.1 Å². The highest BCUT2D eigenvalue weighted by molar-refractivity contribution is 5.46. The van der Waals surface area contributed by atoms with Crippen molar-refractivity contribution in [2.45, 2.75) is 19.4 Å². The van der Waals surface area contributed by atoms with Gasteiger partial charge in [0.25, 0.3) is 5.56 Å². The zero-order valence-electron chi connectivity index (χ0n) is 18.1. The SMILES string of the molecule is COc1cccc(CN2CCc3nc(N4CCN(C)CC4)[nH]c(=O)c3CC2)c1OC. The molecule has 162 valence electrons. The van der Waals surface area contributed by atoms with Gasteiger partial charge in [0.1, 0.15) is 0 Å². The number of nitrogens with zero attached hydrogens (tertiary/aromatic N) is 4. The molecule has 1 fully saturated rings.